The van der Waals surface area contributed by atoms with Crippen molar-refractivity contribution in [2.24, 2.45) is 0 Å². The molecule has 0 spiro atoms. The van der Waals surface area contributed by atoms with Gasteiger partial charge in [0.1, 0.15) is 0 Å². The third-order valence-corrected chi connectivity index (χ3v) is 3.64. The van der Waals surface area contributed by atoms with Crippen LogP contribution in [0, 0.1) is 0 Å². The molecule has 5 heteroatoms. The third kappa shape index (κ3) is 3.10. The van der Waals surface area contributed by atoms with E-state index < -0.39 is 0 Å². The average molecular weight is 222 g/mol. The van der Waals surface area contributed by atoms with E-state index in [1.54, 1.807) is 14.2 Å². The fourth-order valence-electron chi connectivity index (χ4n) is 1.71. The molecule has 0 heterocycles. The Morgan fingerprint density at radius 2 is 1.64 bits per heavy atom. The third-order valence-electron chi connectivity index (χ3n) is 2.68. The minimum Gasteiger partial charge on any atom is -0.353 e. The van der Waals surface area contributed by atoms with E-state index in [9.17, 15) is 0 Å². The van der Waals surface area contributed by atoms with Crippen molar-refractivity contribution in [1.29, 1.82) is 0 Å². The molecule has 0 bridgehead atoms. The Kier molecular flexibility index (Phi) is 5.19. The highest BCUT2D eigenvalue weighted by molar-refractivity contribution is 7.95. The molecule has 1 aliphatic rings. The molecule has 0 radical (unpaired) electrons. The van der Waals surface area contributed by atoms with Crippen LogP contribution in [-0.2, 0) is 18.7 Å². The maximum atomic E-state index is 5.38. The summed E-state index contributed by atoms with van der Waals surface area (Å²) in [5.41, 5.74) is 0. The quantitative estimate of drug-likeness (QED) is 0.308. The number of hydrogen-bond donors (Lipinski definition) is 0. The van der Waals surface area contributed by atoms with Gasteiger partial charge in [-0.3, -0.25) is 0 Å². The lowest BCUT2D eigenvalue weighted by Gasteiger charge is -2.36. The maximum Gasteiger partial charge on any atom is 0.167 e. The van der Waals surface area contributed by atoms with Gasteiger partial charge in [-0.2, -0.15) is 4.33 Å². The maximum absolute atomic E-state index is 5.38. The lowest BCUT2D eigenvalue weighted by atomic mass is 9.93. The van der Waals surface area contributed by atoms with Crippen molar-refractivity contribution in [2.75, 3.05) is 21.3 Å². The highest BCUT2D eigenvalue weighted by Gasteiger charge is 2.35. The summed E-state index contributed by atoms with van der Waals surface area (Å²) < 4.78 is 15.6. The summed E-state index contributed by atoms with van der Waals surface area (Å²) >= 11 is 1.39. The smallest absolute Gasteiger partial charge is 0.167 e. The Hall–Kier alpha value is 0.190. The normalized spacial score (nSPS) is 22.5. The van der Waals surface area contributed by atoms with Gasteiger partial charge in [0.05, 0.1) is 7.11 Å². The van der Waals surface area contributed by atoms with E-state index in [1.807, 2.05) is 0 Å². The van der Waals surface area contributed by atoms with Gasteiger partial charge in [0, 0.05) is 44.4 Å². The Bertz CT molecular complexity index is 151. The van der Waals surface area contributed by atoms with Crippen LogP contribution in [0.1, 0.15) is 25.7 Å². The summed E-state index contributed by atoms with van der Waals surface area (Å²) in [7, 11) is 4.91. The van der Waals surface area contributed by atoms with E-state index in [1.165, 1.54) is 19.2 Å². The topological polar surface area (TPSA) is 36.9 Å². The van der Waals surface area contributed by atoms with Crippen LogP contribution in [-0.4, -0.2) is 32.4 Å². The summed E-state index contributed by atoms with van der Waals surface area (Å²) in [6.45, 7) is 0. The average Bonchev–Trinajstić information content (AvgIpc) is 2.27. The predicted octanol–water partition coefficient (Wildman–Crippen LogP) is 2.14. The highest BCUT2D eigenvalue weighted by atomic mass is 32.2. The van der Waals surface area contributed by atoms with Crippen LogP contribution in [0.3, 0.4) is 0 Å². The standard InChI is InChI=1S/C9H18O4S/c1-10-9(11-2)6-4-8(5-7-9)14-13-12-3/h8H,4-7H2,1-3H3. The molecule has 84 valence electrons. The molecule has 0 N–H and O–H groups in total. The van der Waals surface area contributed by atoms with Crippen LogP contribution >= 0.6 is 12.0 Å². The molecule has 0 aliphatic heterocycles. The Balaban J connectivity index is 2.29. The van der Waals surface area contributed by atoms with Gasteiger partial charge < -0.3 is 9.47 Å². The lowest BCUT2D eigenvalue weighted by Crippen LogP contribution is -2.38. The molecule has 1 saturated carbocycles. The fourth-order valence-corrected chi connectivity index (χ4v) is 2.33. The fraction of sp³-hybridized carbons (Fsp3) is 1.00. The molecule has 0 aromatic carbocycles. The largest absolute Gasteiger partial charge is 0.353 e. The van der Waals surface area contributed by atoms with Crippen LogP contribution in [0.4, 0.5) is 0 Å². The summed E-state index contributed by atoms with van der Waals surface area (Å²) in [6.07, 6.45) is 3.86. The summed E-state index contributed by atoms with van der Waals surface area (Å²) in [5, 5.41) is 0.480. The van der Waals surface area contributed by atoms with Crippen molar-refractivity contribution < 1.29 is 18.7 Å². The van der Waals surface area contributed by atoms with E-state index in [4.69, 9.17) is 13.8 Å². The van der Waals surface area contributed by atoms with Gasteiger partial charge in [0.2, 0.25) is 0 Å². The van der Waals surface area contributed by atoms with E-state index >= 15 is 0 Å². The molecule has 4 nitrogen and oxygen atoms in total. The lowest BCUT2D eigenvalue weighted by molar-refractivity contribution is -0.223. The van der Waals surface area contributed by atoms with Gasteiger partial charge in [0.25, 0.3) is 0 Å². The molecule has 0 amide bonds. The van der Waals surface area contributed by atoms with Crippen molar-refractivity contribution in [3.8, 4) is 0 Å². The van der Waals surface area contributed by atoms with Crippen LogP contribution in [0.15, 0.2) is 0 Å². The first-order valence-corrected chi connectivity index (χ1v) is 5.53. The second kappa shape index (κ2) is 5.92. The SMILES string of the molecule is COOSC1CCC(OC)(OC)CC1. The zero-order valence-corrected chi connectivity index (χ0v) is 9.76. The van der Waals surface area contributed by atoms with Gasteiger partial charge in [0.15, 0.2) is 5.79 Å². The van der Waals surface area contributed by atoms with E-state index in [2.05, 4.69) is 4.89 Å². The van der Waals surface area contributed by atoms with Gasteiger partial charge in [-0.15, -0.1) is 0 Å². The molecular weight excluding hydrogens is 204 g/mol. The first kappa shape index (κ1) is 12.3. The molecule has 0 aromatic heterocycles. The van der Waals surface area contributed by atoms with Crippen molar-refractivity contribution in [3.05, 3.63) is 0 Å². The van der Waals surface area contributed by atoms with Crippen LogP contribution in [0.2, 0.25) is 0 Å². The second-order valence-corrected chi connectivity index (χ2v) is 4.34. The van der Waals surface area contributed by atoms with Crippen molar-refractivity contribution in [1.82, 2.24) is 0 Å². The molecule has 0 saturated heterocycles. The Morgan fingerprint density at radius 3 is 2.07 bits per heavy atom. The van der Waals surface area contributed by atoms with Crippen molar-refractivity contribution >= 4 is 12.0 Å². The van der Waals surface area contributed by atoms with Crippen molar-refractivity contribution in [2.45, 2.75) is 36.7 Å². The minimum atomic E-state index is -0.371. The molecule has 1 aliphatic carbocycles. The molecular formula is C9H18O4S. The van der Waals surface area contributed by atoms with E-state index in [0.717, 1.165) is 25.7 Å². The van der Waals surface area contributed by atoms with Crippen molar-refractivity contribution in [3.63, 3.8) is 0 Å². The molecule has 0 unspecified atom stereocenters. The number of rotatable bonds is 5. The molecule has 0 aromatic rings. The van der Waals surface area contributed by atoms with Gasteiger partial charge in [-0.05, 0) is 12.8 Å². The van der Waals surface area contributed by atoms with Crippen LogP contribution in [0.25, 0.3) is 0 Å². The molecule has 0 atom stereocenters. The highest BCUT2D eigenvalue weighted by Crippen LogP contribution is 2.37. The van der Waals surface area contributed by atoms with E-state index in [0.29, 0.717) is 5.25 Å². The summed E-state index contributed by atoms with van der Waals surface area (Å²) in [6, 6.07) is 0. The van der Waals surface area contributed by atoms with Gasteiger partial charge in [-0.1, -0.05) is 0 Å². The molecule has 1 fully saturated rings. The molecule has 1 rings (SSSR count). The number of methoxy groups -OCH3 is 2. The van der Waals surface area contributed by atoms with Crippen LogP contribution < -0.4 is 0 Å². The van der Waals surface area contributed by atoms with Gasteiger partial charge >= 0.3 is 0 Å². The number of ether oxygens (including phenoxy) is 2. The van der Waals surface area contributed by atoms with Crippen LogP contribution in [0.5, 0.6) is 0 Å². The second-order valence-electron chi connectivity index (χ2n) is 3.35. The Labute approximate surface area is 89.4 Å². The monoisotopic (exact) mass is 222 g/mol. The first-order valence-electron chi connectivity index (χ1n) is 4.73. The number of hydrogen-bond acceptors (Lipinski definition) is 5. The van der Waals surface area contributed by atoms with E-state index in [-0.39, 0.29) is 5.79 Å². The van der Waals surface area contributed by atoms with Gasteiger partial charge in [-0.25, -0.2) is 4.89 Å². The summed E-state index contributed by atoms with van der Waals surface area (Å²) in [5.74, 6) is -0.371. The predicted molar refractivity (Wildman–Crippen MR) is 54.7 cm³/mol. The summed E-state index contributed by atoms with van der Waals surface area (Å²) in [4.78, 5) is 4.55. The zero-order valence-electron chi connectivity index (χ0n) is 8.95. The first-order chi connectivity index (χ1) is 6.76. The molecule has 14 heavy (non-hydrogen) atoms. The zero-order chi connectivity index (χ0) is 10.4. The Morgan fingerprint density at radius 1 is 1.07 bits per heavy atom. The minimum absolute atomic E-state index is 0.371.